The second-order valence-corrected chi connectivity index (χ2v) is 9.79. The average Bonchev–Trinajstić information content (AvgIpc) is 3.19. The van der Waals surface area contributed by atoms with Gasteiger partial charge in [0.05, 0.1) is 5.56 Å². The number of nitrogens with one attached hydrogen (secondary N) is 2. The van der Waals surface area contributed by atoms with E-state index in [-0.39, 0.29) is 23.1 Å². The molecule has 0 spiro atoms. The summed E-state index contributed by atoms with van der Waals surface area (Å²) in [5, 5.41) is 16.2. The normalized spacial score (nSPS) is 16.3. The van der Waals surface area contributed by atoms with E-state index in [2.05, 4.69) is 15.5 Å². The number of unbranched alkanes of at least 4 members (excludes halogenated alkanes) is 1. The number of amides is 2. The van der Waals surface area contributed by atoms with Gasteiger partial charge in [-0.05, 0) is 38.4 Å². The monoisotopic (exact) mass is 425 g/mol. The van der Waals surface area contributed by atoms with Crippen molar-refractivity contribution in [2.24, 2.45) is 0 Å². The first-order valence-electron chi connectivity index (χ1n) is 9.86. The van der Waals surface area contributed by atoms with Crippen molar-refractivity contribution in [3.05, 3.63) is 29.8 Å². The van der Waals surface area contributed by atoms with E-state index in [1.54, 1.807) is 18.2 Å². The van der Waals surface area contributed by atoms with Crippen molar-refractivity contribution in [2.45, 2.75) is 37.4 Å². The number of para-hydroxylation sites is 1. The first kappa shape index (κ1) is 22.9. The van der Waals surface area contributed by atoms with Gasteiger partial charge >= 0.3 is 0 Å². The van der Waals surface area contributed by atoms with E-state index in [0.717, 1.165) is 24.6 Å². The third-order valence-electron chi connectivity index (χ3n) is 4.65. The SMILES string of the molecule is CN(CCNC(=O)CCCCC1CCSS1)CCNC(=O)c1ccccc1O. The molecule has 0 bridgehead atoms. The van der Waals surface area contributed by atoms with E-state index in [1.165, 1.54) is 24.7 Å². The number of carbonyl (C=O) groups excluding carboxylic acids is 2. The average molecular weight is 426 g/mol. The second kappa shape index (κ2) is 13.0. The molecule has 0 aromatic heterocycles. The summed E-state index contributed by atoms with van der Waals surface area (Å²) in [6.07, 6.45) is 5.22. The molecule has 0 aliphatic carbocycles. The van der Waals surface area contributed by atoms with Crippen LogP contribution in [0, 0.1) is 0 Å². The molecule has 1 aromatic carbocycles. The second-order valence-electron chi connectivity index (χ2n) is 7.00. The predicted molar refractivity (Wildman–Crippen MR) is 118 cm³/mol. The molecular weight excluding hydrogens is 394 g/mol. The van der Waals surface area contributed by atoms with E-state index in [0.29, 0.717) is 26.1 Å². The number of hydrogen-bond acceptors (Lipinski definition) is 6. The van der Waals surface area contributed by atoms with Gasteiger partial charge in [-0.1, -0.05) is 40.1 Å². The van der Waals surface area contributed by atoms with Crippen molar-refractivity contribution >= 4 is 33.4 Å². The van der Waals surface area contributed by atoms with Crippen LogP contribution in [0.1, 0.15) is 42.5 Å². The summed E-state index contributed by atoms with van der Waals surface area (Å²) in [6, 6.07) is 6.49. The van der Waals surface area contributed by atoms with Gasteiger partial charge in [-0.2, -0.15) is 0 Å². The number of phenols is 1. The molecule has 6 nitrogen and oxygen atoms in total. The first-order valence-corrected chi connectivity index (χ1v) is 12.2. The van der Waals surface area contributed by atoms with Crippen LogP contribution >= 0.6 is 21.6 Å². The summed E-state index contributed by atoms with van der Waals surface area (Å²) in [6.45, 7) is 2.49. The Kier molecular flexibility index (Phi) is 10.6. The zero-order valence-corrected chi connectivity index (χ0v) is 18.1. The summed E-state index contributed by atoms with van der Waals surface area (Å²) in [4.78, 5) is 26.0. The number of rotatable bonds is 12. The van der Waals surface area contributed by atoms with Crippen molar-refractivity contribution in [1.82, 2.24) is 15.5 Å². The fraction of sp³-hybridized carbons (Fsp3) is 0.600. The largest absolute Gasteiger partial charge is 0.507 e. The van der Waals surface area contributed by atoms with Crippen molar-refractivity contribution in [1.29, 1.82) is 0 Å². The summed E-state index contributed by atoms with van der Waals surface area (Å²) >= 11 is 0. The van der Waals surface area contributed by atoms with Gasteiger partial charge in [0.15, 0.2) is 0 Å². The summed E-state index contributed by atoms with van der Waals surface area (Å²) in [7, 11) is 5.92. The van der Waals surface area contributed by atoms with E-state index in [9.17, 15) is 14.7 Å². The van der Waals surface area contributed by atoms with Gasteiger partial charge < -0.3 is 20.6 Å². The molecule has 3 N–H and O–H groups in total. The number of benzene rings is 1. The Morgan fingerprint density at radius 1 is 1.18 bits per heavy atom. The maximum Gasteiger partial charge on any atom is 0.255 e. The molecule has 1 aliphatic heterocycles. The van der Waals surface area contributed by atoms with Gasteiger partial charge in [0.1, 0.15) is 5.75 Å². The number of likely N-dealkylation sites (N-methyl/N-ethyl adjacent to an activating group) is 1. The number of hydrogen-bond donors (Lipinski definition) is 3. The molecule has 1 saturated heterocycles. The Morgan fingerprint density at radius 3 is 2.64 bits per heavy atom. The number of nitrogens with zero attached hydrogens (tertiary/aromatic N) is 1. The van der Waals surface area contributed by atoms with Crippen LogP contribution in [-0.4, -0.2) is 66.1 Å². The maximum absolute atomic E-state index is 12.0. The fourth-order valence-corrected chi connectivity index (χ4v) is 5.96. The third-order valence-corrected chi connectivity index (χ3v) is 7.66. The van der Waals surface area contributed by atoms with E-state index >= 15 is 0 Å². The van der Waals surface area contributed by atoms with Gasteiger partial charge in [-0.3, -0.25) is 9.59 Å². The molecule has 0 radical (unpaired) electrons. The molecule has 0 saturated carbocycles. The van der Waals surface area contributed by atoms with Crippen molar-refractivity contribution in [3.8, 4) is 5.75 Å². The highest BCUT2D eigenvalue weighted by Gasteiger charge is 2.15. The summed E-state index contributed by atoms with van der Waals surface area (Å²) in [5.41, 5.74) is 0.280. The highest BCUT2D eigenvalue weighted by molar-refractivity contribution is 8.77. The lowest BCUT2D eigenvalue weighted by atomic mass is 10.1. The molecule has 1 atom stereocenters. The topological polar surface area (TPSA) is 81.7 Å². The van der Waals surface area contributed by atoms with Crippen LogP contribution in [0.4, 0.5) is 0 Å². The predicted octanol–water partition coefficient (Wildman–Crippen LogP) is 2.88. The molecule has 156 valence electrons. The van der Waals surface area contributed by atoms with Crippen LogP contribution in [0.2, 0.25) is 0 Å². The van der Waals surface area contributed by atoms with Gasteiger partial charge in [-0.25, -0.2) is 0 Å². The molecular formula is C20H31N3O3S2. The van der Waals surface area contributed by atoms with Crippen LogP contribution in [0.3, 0.4) is 0 Å². The summed E-state index contributed by atoms with van der Waals surface area (Å²) < 4.78 is 0. The van der Waals surface area contributed by atoms with E-state index < -0.39 is 0 Å². The highest BCUT2D eigenvalue weighted by Crippen LogP contribution is 2.39. The Hall–Kier alpha value is -1.38. The van der Waals surface area contributed by atoms with Crippen LogP contribution in [0.25, 0.3) is 0 Å². The Balaban J connectivity index is 1.47. The molecule has 28 heavy (non-hydrogen) atoms. The van der Waals surface area contributed by atoms with Crippen molar-refractivity contribution in [2.75, 3.05) is 39.0 Å². The molecule has 1 unspecified atom stereocenters. The highest BCUT2D eigenvalue weighted by atomic mass is 33.1. The molecule has 1 fully saturated rings. The van der Waals surface area contributed by atoms with Crippen molar-refractivity contribution < 1.29 is 14.7 Å². The third kappa shape index (κ3) is 8.75. The Bertz CT molecular complexity index is 624. The maximum atomic E-state index is 12.0. The van der Waals surface area contributed by atoms with E-state index in [4.69, 9.17) is 0 Å². The lowest BCUT2D eigenvalue weighted by molar-refractivity contribution is -0.121. The minimum atomic E-state index is -0.283. The first-order chi connectivity index (χ1) is 13.6. The van der Waals surface area contributed by atoms with Gasteiger partial charge in [0.25, 0.3) is 5.91 Å². The summed E-state index contributed by atoms with van der Waals surface area (Å²) in [5.74, 6) is 1.09. The molecule has 1 aliphatic rings. The fourth-order valence-electron chi connectivity index (χ4n) is 2.93. The van der Waals surface area contributed by atoms with Gasteiger partial charge in [0, 0.05) is 43.6 Å². The lowest BCUT2D eigenvalue weighted by Crippen LogP contribution is -2.37. The minimum absolute atomic E-state index is 0.0167. The van der Waals surface area contributed by atoms with Gasteiger partial charge in [0.2, 0.25) is 5.91 Å². The number of carbonyl (C=O) groups is 2. The van der Waals surface area contributed by atoms with Crippen LogP contribution in [0.5, 0.6) is 5.75 Å². The zero-order valence-electron chi connectivity index (χ0n) is 16.5. The van der Waals surface area contributed by atoms with Crippen LogP contribution < -0.4 is 10.6 Å². The molecule has 1 aromatic rings. The van der Waals surface area contributed by atoms with Crippen molar-refractivity contribution in [3.63, 3.8) is 0 Å². The molecule has 2 rings (SSSR count). The van der Waals surface area contributed by atoms with E-state index in [1.807, 2.05) is 28.6 Å². The molecule has 2 amide bonds. The van der Waals surface area contributed by atoms with Gasteiger partial charge in [-0.15, -0.1) is 0 Å². The Labute approximate surface area is 175 Å². The molecule has 1 heterocycles. The smallest absolute Gasteiger partial charge is 0.255 e. The lowest BCUT2D eigenvalue weighted by Gasteiger charge is -2.17. The zero-order chi connectivity index (χ0) is 20.2. The van der Waals surface area contributed by atoms with Crippen LogP contribution in [-0.2, 0) is 4.79 Å². The standard InChI is InChI=1S/C20H31N3O3S2/c1-23(14-12-22-20(26)17-7-3-4-8-18(17)24)13-11-21-19(25)9-5-2-6-16-10-15-27-28-16/h3-4,7-8,16,24H,2,5-6,9-15H2,1H3,(H,21,25)(H,22,26). The number of phenolic OH excluding ortho intramolecular Hbond substituents is 1. The Morgan fingerprint density at radius 2 is 1.93 bits per heavy atom. The quantitative estimate of drug-likeness (QED) is 0.353. The number of aromatic hydroxyl groups is 1. The minimum Gasteiger partial charge on any atom is -0.507 e. The van der Waals surface area contributed by atoms with Crippen LogP contribution in [0.15, 0.2) is 24.3 Å². The molecule has 8 heteroatoms.